The van der Waals surface area contributed by atoms with Gasteiger partial charge >= 0.3 is 0 Å². The summed E-state index contributed by atoms with van der Waals surface area (Å²) >= 11 is 8.34. The molecule has 2 nitrogen and oxygen atoms in total. The molecule has 0 amide bonds. The van der Waals surface area contributed by atoms with Crippen LogP contribution in [-0.4, -0.2) is 22.2 Å². The molecule has 0 aliphatic heterocycles. The number of halogens is 3. The molecule has 0 saturated heterocycles. The maximum atomic E-state index is 13.0. The molecule has 0 heterocycles. The minimum Gasteiger partial charge on any atom is -0.389 e. The summed E-state index contributed by atoms with van der Waals surface area (Å²) in [6.45, 7) is 0. The lowest BCUT2D eigenvalue weighted by Crippen LogP contribution is -2.19. The Hall–Kier alpha value is -0.160. The summed E-state index contributed by atoms with van der Waals surface area (Å²) in [4.78, 5) is 0. The molecule has 0 aliphatic rings. The minimum absolute atomic E-state index is 0.0984. The Morgan fingerprint density at radius 3 is 2.57 bits per heavy atom. The summed E-state index contributed by atoms with van der Waals surface area (Å²) in [7, 11) is 0. The van der Waals surface area contributed by atoms with Gasteiger partial charge in [-0.2, -0.15) is 0 Å². The van der Waals surface area contributed by atoms with E-state index >= 15 is 0 Å². The number of rotatable bonds is 3. The van der Waals surface area contributed by atoms with Crippen LogP contribution in [0.15, 0.2) is 22.7 Å². The Bertz CT molecular complexity index is 322. The van der Waals surface area contributed by atoms with E-state index in [9.17, 15) is 14.6 Å². The molecule has 2 atom stereocenters. The molecule has 14 heavy (non-hydrogen) atoms. The molecular formula is C9H9BrClFO2. The highest BCUT2D eigenvalue weighted by Gasteiger charge is 2.18. The first-order chi connectivity index (χ1) is 6.56. The molecular weight excluding hydrogens is 274 g/mol. The number of benzene rings is 1. The van der Waals surface area contributed by atoms with Crippen LogP contribution < -0.4 is 0 Å². The number of aliphatic hydroxyl groups excluding tert-OH is 2. The minimum atomic E-state index is -1.16. The topological polar surface area (TPSA) is 40.5 Å². The van der Waals surface area contributed by atoms with Gasteiger partial charge in [-0.25, -0.2) is 4.39 Å². The Balaban J connectivity index is 2.91. The molecule has 78 valence electrons. The van der Waals surface area contributed by atoms with Gasteiger partial charge in [-0.3, -0.25) is 0 Å². The Kier molecular flexibility index (Phi) is 4.31. The predicted molar refractivity (Wildman–Crippen MR) is 55.8 cm³/mol. The Morgan fingerprint density at radius 2 is 2.07 bits per heavy atom. The summed E-state index contributed by atoms with van der Waals surface area (Å²) in [6.07, 6.45) is -2.24. The average molecular weight is 284 g/mol. The van der Waals surface area contributed by atoms with Gasteiger partial charge in [-0.1, -0.05) is 6.07 Å². The first-order valence-corrected chi connectivity index (χ1v) is 5.26. The third kappa shape index (κ3) is 2.67. The van der Waals surface area contributed by atoms with Crippen molar-refractivity contribution < 1.29 is 14.6 Å². The van der Waals surface area contributed by atoms with E-state index in [0.29, 0.717) is 10.0 Å². The van der Waals surface area contributed by atoms with Crippen LogP contribution in [0.25, 0.3) is 0 Å². The van der Waals surface area contributed by atoms with Gasteiger partial charge in [0.2, 0.25) is 0 Å². The van der Waals surface area contributed by atoms with Crippen LogP contribution in [-0.2, 0) is 0 Å². The largest absolute Gasteiger partial charge is 0.389 e. The first-order valence-electron chi connectivity index (χ1n) is 3.93. The highest BCUT2D eigenvalue weighted by Crippen LogP contribution is 2.23. The van der Waals surface area contributed by atoms with Crippen LogP contribution in [0.1, 0.15) is 11.7 Å². The van der Waals surface area contributed by atoms with Crippen LogP contribution in [0.2, 0.25) is 0 Å². The molecule has 0 fully saturated rings. The predicted octanol–water partition coefficient (Wildman–Crippen LogP) is 2.22. The van der Waals surface area contributed by atoms with E-state index in [2.05, 4.69) is 15.9 Å². The summed E-state index contributed by atoms with van der Waals surface area (Å²) in [5.41, 5.74) is 0.304. The van der Waals surface area contributed by atoms with E-state index < -0.39 is 18.0 Å². The summed E-state index contributed by atoms with van der Waals surface area (Å²) < 4.78 is 13.3. The van der Waals surface area contributed by atoms with Gasteiger partial charge in [0.05, 0.1) is 16.5 Å². The van der Waals surface area contributed by atoms with Crippen molar-refractivity contribution in [3.05, 3.63) is 34.1 Å². The van der Waals surface area contributed by atoms with E-state index in [0.717, 1.165) is 6.07 Å². The molecule has 1 aromatic rings. The van der Waals surface area contributed by atoms with Gasteiger partial charge < -0.3 is 10.2 Å². The molecule has 0 bridgehead atoms. The summed E-state index contributed by atoms with van der Waals surface area (Å²) in [6, 6.07) is 4.15. The highest BCUT2D eigenvalue weighted by molar-refractivity contribution is 9.10. The SMILES string of the molecule is OC(CCl)C(O)c1ccc(Br)c(F)c1. The maximum absolute atomic E-state index is 13.0. The first kappa shape index (κ1) is 11.9. The van der Waals surface area contributed by atoms with Gasteiger partial charge in [-0.05, 0) is 33.6 Å². The zero-order chi connectivity index (χ0) is 10.7. The van der Waals surface area contributed by atoms with Gasteiger partial charge in [0, 0.05) is 0 Å². The van der Waals surface area contributed by atoms with E-state index in [1.54, 1.807) is 0 Å². The standard InChI is InChI=1S/C9H9BrClFO2/c10-6-2-1-5(3-7(6)12)9(14)8(13)4-11/h1-3,8-9,13-14H,4H2. The van der Waals surface area contributed by atoms with Crippen molar-refractivity contribution in [2.45, 2.75) is 12.2 Å². The van der Waals surface area contributed by atoms with Crippen LogP contribution in [0.3, 0.4) is 0 Å². The molecule has 2 N–H and O–H groups in total. The van der Waals surface area contributed by atoms with Crippen molar-refractivity contribution in [3.63, 3.8) is 0 Å². The van der Waals surface area contributed by atoms with Gasteiger partial charge in [0.1, 0.15) is 11.9 Å². The van der Waals surface area contributed by atoms with Crippen LogP contribution in [0.4, 0.5) is 4.39 Å². The normalized spacial score (nSPS) is 15.2. The molecule has 1 aromatic carbocycles. The second-order valence-electron chi connectivity index (χ2n) is 2.84. The molecule has 0 saturated carbocycles. The fourth-order valence-corrected chi connectivity index (χ4v) is 1.42. The highest BCUT2D eigenvalue weighted by atomic mass is 79.9. The lowest BCUT2D eigenvalue weighted by atomic mass is 10.1. The summed E-state index contributed by atoms with van der Waals surface area (Å²) in [5, 5.41) is 18.7. The fourth-order valence-electron chi connectivity index (χ4n) is 1.00. The van der Waals surface area contributed by atoms with Gasteiger partial charge in [0.25, 0.3) is 0 Å². The Labute approximate surface area is 94.5 Å². The third-order valence-corrected chi connectivity index (χ3v) is 2.77. The molecule has 0 spiro atoms. The molecule has 0 aromatic heterocycles. The van der Waals surface area contributed by atoms with Crippen molar-refractivity contribution in [1.29, 1.82) is 0 Å². The van der Waals surface area contributed by atoms with Crippen molar-refractivity contribution >= 4 is 27.5 Å². The number of hydrogen-bond donors (Lipinski definition) is 2. The van der Waals surface area contributed by atoms with Crippen molar-refractivity contribution in [2.75, 3.05) is 5.88 Å². The molecule has 2 unspecified atom stereocenters. The quantitative estimate of drug-likeness (QED) is 0.835. The fraction of sp³-hybridized carbons (Fsp3) is 0.333. The number of alkyl halides is 1. The van der Waals surface area contributed by atoms with Crippen LogP contribution >= 0.6 is 27.5 Å². The number of aliphatic hydroxyl groups is 2. The third-order valence-electron chi connectivity index (χ3n) is 1.81. The number of hydrogen-bond acceptors (Lipinski definition) is 2. The monoisotopic (exact) mass is 282 g/mol. The van der Waals surface area contributed by atoms with E-state index in [4.69, 9.17) is 11.6 Å². The maximum Gasteiger partial charge on any atom is 0.137 e. The zero-order valence-electron chi connectivity index (χ0n) is 7.12. The van der Waals surface area contributed by atoms with Crippen LogP contribution in [0.5, 0.6) is 0 Å². The second-order valence-corrected chi connectivity index (χ2v) is 4.00. The van der Waals surface area contributed by atoms with E-state index in [1.165, 1.54) is 12.1 Å². The van der Waals surface area contributed by atoms with E-state index in [-0.39, 0.29) is 5.88 Å². The van der Waals surface area contributed by atoms with Gasteiger partial charge in [0.15, 0.2) is 0 Å². The van der Waals surface area contributed by atoms with E-state index in [1.807, 2.05) is 0 Å². The van der Waals surface area contributed by atoms with Crippen molar-refractivity contribution in [3.8, 4) is 0 Å². The Morgan fingerprint density at radius 1 is 1.43 bits per heavy atom. The lowest BCUT2D eigenvalue weighted by Gasteiger charge is -2.15. The van der Waals surface area contributed by atoms with Crippen molar-refractivity contribution in [1.82, 2.24) is 0 Å². The average Bonchev–Trinajstić information content (AvgIpc) is 2.20. The summed E-state index contributed by atoms with van der Waals surface area (Å²) in [5.74, 6) is -0.581. The lowest BCUT2D eigenvalue weighted by molar-refractivity contribution is 0.0325. The van der Waals surface area contributed by atoms with Gasteiger partial charge in [-0.15, -0.1) is 11.6 Å². The smallest absolute Gasteiger partial charge is 0.137 e. The van der Waals surface area contributed by atoms with Crippen molar-refractivity contribution in [2.24, 2.45) is 0 Å². The zero-order valence-corrected chi connectivity index (χ0v) is 9.46. The van der Waals surface area contributed by atoms with Crippen LogP contribution in [0, 0.1) is 5.82 Å². The molecule has 5 heteroatoms. The second kappa shape index (κ2) is 5.07. The molecule has 0 aliphatic carbocycles. The molecule has 0 radical (unpaired) electrons. The molecule has 1 rings (SSSR count).